The predicted octanol–water partition coefficient (Wildman–Crippen LogP) is 3.02. The number of ether oxygens (including phenoxy) is 3. The number of halogens is 1. The number of nitrogens with two attached hydrogens (primary N) is 1. The first-order valence-corrected chi connectivity index (χ1v) is 6.71. The molecule has 110 valence electrons. The van der Waals surface area contributed by atoms with Gasteiger partial charge in [-0.25, -0.2) is 4.39 Å². The Kier molecular flexibility index (Phi) is 3.66. The van der Waals surface area contributed by atoms with Crippen LogP contribution in [0.3, 0.4) is 0 Å². The summed E-state index contributed by atoms with van der Waals surface area (Å²) in [5.74, 6) is 1.69. The zero-order chi connectivity index (χ0) is 14.8. The Morgan fingerprint density at radius 2 is 1.81 bits per heavy atom. The van der Waals surface area contributed by atoms with Gasteiger partial charge in [-0.1, -0.05) is 12.1 Å². The van der Waals surface area contributed by atoms with E-state index < -0.39 is 0 Å². The van der Waals surface area contributed by atoms with Gasteiger partial charge in [-0.05, 0) is 36.8 Å². The highest BCUT2D eigenvalue weighted by Crippen LogP contribution is 2.36. The van der Waals surface area contributed by atoms with E-state index in [-0.39, 0.29) is 24.8 Å². The highest BCUT2D eigenvalue weighted by Gasteiger charge is 2.20. The zero-order valence-corrected chi connectivity index (χ0v) is 11.6. The van der Waals surface area contributed by atoms with Crippen LogP contribution in [-0.2, 0) is 0 Å². The number of rotatable bonds is 4. The molecule has 0 fully saturated rings. The van der Waals surface area contributed by atoms with Crippen LogP contribution < -0.4 is 19.9 Å². The summed E-state index contributed by atoms with van der Waals surface area (Å²) in [6, 6.07) is 11.3. The van der Waals surface area contributed by atoms with Gasteiger partial charge in [0.05, 0.1) is 0 Å². The van der Waals surface area contributed by atoms with Crippen LogP contribution in [0, 0.1) is 5.82 Å². The quantitative estimate of drug-likeness (QED) is 0.940. The third-order valence-electron chi connectivity index (χ3n) is 3.28. The summed E-state index contributed by atoms with van der Waals surface area (Å²) in [5.41, 5.74) is 6.82. The minimum Gasteiger partial charge on any atom is -0.484 e. The van der Waals surface area contributed by atoms with Crippen LogP contribution in [0.15, 0.2) is 42.5 Å². The average Bonchev–Trinajstić information content (AvgIpc) is 2.93. The van der Waals surface area contributed by atoms with Gasteiger partial charge in [-0.3, -0.25) is 0 Å². The van der Waals surface area contributed by atoms with Crippen LogP contribution in [0.2, 0.25) is 0 Å². The lowest BCUT2D eigenvalue weighted by molar-refractivity contribution is 0.171. The van der Waals surface area contributed by atoms with Gasteiger partial charge in [0.15, 0.2) is 11.5 Å². The van der Waals surface area contributed by atoms with Gasteiger partial charge in [-0.2, -0.15) is 0 Å². The first-order valence-electron chi connectivity index (χ1n) is 6.71. The fraction of sp³-hybridized carbons (Fsp3) is 0.250. The van der Waals surface area contributed by atoms with E-state index in [1.165, 1.54) is 12.1 Å². The van der Waals surface area contributed by atoms with Gasteiger partial charge in [0.2, 0.25) is 6.79 Å². The maximum Gasteiger partial charge on any atom is 0.231 e. The monoisotopic (exact) mass is 289 g/mol. The van der Waals surface area contributed by atoms with E-state index in [9.17, 15) is 4.39 Å². The van der Waals surface area contributed by atoms with Crippen molar-refractivity contribution in [2.75, 3.05) is 6.79 Å². The molecule has 1 aliphatic heterocycles. The molecule has 0 saturated heterocycles. The molecule has 0 saturated carbocycles. The van der Waals surface area contributed by atoms with Crippen molar-refractivity contribution in [1.82, 2.24) is 0 Å². The number of hydrogen-bond donors (Lipinski definition) is 1. The summed E-state index contributed by atoms with van der Waals surface area (Å²) >= 11 is 0. The molecule has 0 spiro atoms. The van der Waals surface area contributed by atoms with Crippen molar-refractivity contribution < 1.29 is 18.6 Å². The molecule has 2 aromatic carbocycles. The molecule has 5 heteroatoms. The lowest BCUT2D eigenvalue weighted by atomic mass is 10.0. The summed E-state index contributed by atoms with van der Waals surface area (Å²) in [4.78, 5) is 0. The van der Waals surface area contributed by atoms with Crippen LogP contribution in [-0.4, -0.2) is 12.8 Å². The van der Waals surface area contributed by atoms with Crippen molar-refractivity contribution in [2.24, 2.45) is 5.73 Å². The van der Waals surface area contributed by atoms with E-state index in [0.717, 1.165) is 5.56 Å². The fourth-order valence-electron chi connectivity index (χ4n) is 2.23. The predicted molar refractivity (Wildman–Crippen MR) is 76.0 cm³/mol. The summed E-state index contributed by atoms with van der Waals surface area (Å²) in [7, 11) is 0. The largest absolute Gasteiger partial charge is 0.484 e. The molecule has 2 aromatic rings. The Morgan fingerprint density at radius 3 is 2.52 bits per heavy atom. The maximum atomic E-state index is 13.0. The molecule has 3 rings (SSSR count). The second-order valence-corrected chi connectivity index (χ2v) is 4.96. The van der Waals surface area contributed by atoms with Crippen molar-refractivity contribution in [1.29, 1.82) is 0 Å². The maximum absolute atomic E-state index is 13.0. The second-order valence-electron chi connectivity index (χ2n) is 4.96. The van der Waals surface area contributed by atoms with E-state index in [0.29, 0.717) is 17.2 Å². The van der Waals surface area contributed by atoms with E-state index >= 15 is 0 Å². The Bertz CT molecular complexity index is 628. The molecule has 1 heterocycles. The molecule has 2 atom stereocenters. The van der Waals surface area contributed by atoms with Gasteiger partial charge >= 0.3 is 0 Å². The Hall–Kier alpha value is -2.27. The second kappa shape index (κ2) is 5.61. The van der Waals surface area contributed by atoms with Crippen LogP contribution in [0.4, 0.5) is 4.39 Å². The van der Waals surface area contributed by atoms with Gasteiger partial charge in [0, 0.05) is 12.1 Å². The lowest BCUT2D eigenvalue weighted by Gasteiger charge is -2.23. The van der Waals surface area contributed by atoms with Gasteiger partial charge in [0.1, 0.15) is 17.7 Å². The van der Waals surface area contributed by atoms with Gasteiger partial charge in [0.25, 0.3) is 0 Å². The first-order chi connectivity index (χ1) is 10.1. The molecular formula is C16H16FNO3. The summed E-state index contributed by atoms with van der Waals surface area (Å²) in [5, 5.41) is 0. The van der Waals surface area contributed by atoms with E-state index in [1.54, 1.807) is 30.3 Å². The minimum absolute atomic E-state index is 0.216. The molecule has 2 N–H and O–H groups in total. The SMILES string of the molecule is CC(N)C(Oc1ccc2c(c1)OCO2)c1ccc(F)cc1. The molecule has 21 heavy (non-hydrogen) atoms. The minimum atomic E-state index is -0.369. The van der Waals surface area contributed by atoms with Crippen molar-refractivity contribution in [3.05, 3.63) is 53.8 Å². The fourth-order valence-corrected chi connectivity index (χ4v) is 2.23. The molecule has 1 aliphatic rings. The third kappa shape index (κ3) is 2.92. The highest BCUT2D eigenvalue weighted by atomic mass is 19.1. The molecule has 0 aliphatic carbocycles. The molecular weight excluding hydrogens is 273 g/mol. The number of fused-ring (bicyclic) bond motifs is 1. The van der Waals surface area contributed by atoms with Crippen LogP contribution in [0.5, 0.6) is 17.2 Å². The third-order valence-corrected chi connectivity index (χ3v) is 3.28. The molecule has 2 unspecified atom stereocenters. The van der Waals surface area contributed by atoms with Crippen LogP contribution >= 0.6 is 0 Å². The van der Waals surface area contributed by atoms with Crippen LogP contribution in [0.25, 0.3) is 0 Å². The standard InChI is InChI=1S/C16H16FNO3/c1-10(18)16(11-2-4-12(17)5-3-11)21-13-6-7-14-15(8-13)20-9-19-14/h2-8,10,16H,9,18H2,1H3. The van der Waals surface area contributed by atoms with Crippen molar-refractivity contribution >= 4 is 0 Å². The Balaban J connectivity index is 1.84. The molecule has 0 amide bonds. The summed E-state index contributed by atoms with van der Waals surface area (Å²) < 4.78 is 29.5. The first kappa shape index (κ1) is 13.7. The van der Waals surface area contributed by atoms with E-state index in [4.69, 9.17) is 19.9 Å². The van der Waals surface area contributed by atoms with Gasteiger partial charge in [-0.15, -0.1) is 0 Å². The zero-order valence-electron chi connectivity index (χ0n) is 11.6. The van der Waals surface area contributed by atoms with Crippen molar-refractivity contribution in [3.8, 4) is 17.2 Å². The average molecular weight is 289 g/mol. The highest BCUT2D eigenvalue weighted by molar-refractivity contribution is 5.47. The van der Waals surface area contributed by atoms with Crippen molar-refractivity contribution in [3.63, 3.8) is 0 Å². The smallest absolute Gasteiger partial charge is 0.231 e. The molecule has 0 bridgehead atoms. The summed E-state index contributed by atoms with van der Waals surface area (Å²) in [6.45, 7) is 2.06. The number of benzene rings is 2. The van der Waals surface area contributed by atoms with Gasteiger partial charge < -0.3 is 19.9 Å². The topological polar surface area (TPSA) is 53.7 Å². The summed E-state index contributed by atoms with van der Waals surface area (Å²) in [6.07, 6.45) is -0.369. The van der Waals surface area contributed by atoms with Crippen LogP contribution in [0.1, 0.15) is 18.6 Å². The molecule has 4 nitrogen and oxygen atoms in total. The Morgan fingerprint density at radius 1 is 1.10 bits per heavy atom. The molecule has 0 radical (unpaired) electrons. The Labute approximate surface area is 122 Å². The number of hydrogen-bond acceptors (Lipinski definition) is 4. The normalized spacial score (nSPS) is 15.6. The van der Waals surface area contributed by atoms with E-state index in [1.807, 2.05) is 6.92 Å². The van der Waals surface area contributed by atoms with Crippen molar-refractivity contribution in [2.45, 2.75) is 19.1 Å². The molecule has 0 aromatic heterocycles. The van der Waals surface area contributed by atoms with E-state index in [2.05, 4.69) is 0 Å². The lowest BCUT2D eigenvalue weighted by Crippen LogP contribution is -2.29.